The molecule has 0 saturated heterocycles. The summed E-state index contributed by atoms with van der Waals surface area (Å²) in [5, 5.41) is 4.07. The minimum absolute atomic E-state index is 0.0466. The molecule has 0 unspecified atom stereocenters. The largest absolute Gasteiger partial charge is 0.273 e. The van der Waals surface area contributed by atoms with Crippen molar-refractivity contribution in [3.05, 3.63) is 35.9 Å². The van der Waals surface area contributed by atoms with Crippen LogP contribution >= 0.6 is 0 Å². The molecule has 78 valence electrons. The SMILES string of the molecule is C/C(=N\NC(=O)C1CC1)c1ccccc1. The Bertz CT molecular complexity index is 380. The maximum atomic E-state index is 11.3. The van der Waals surface area contributed by atoms with Gasteiger partial charge in [-0.1, -0.05) is 30.3 Å². The average molecular weight is 202 g/mol. The van der Waals surface area contributed by atoms with Gasteiger partial charge < -0.3 is 0 Å². The Morgan fingerprint density at radius 3 is 2.60 bits per heavy atom. The summed E-state index contributed by atoms with van der Waals surface area (Å²) in [5.41, 5.74) is 4.47. The van der Waals surface area contributed by atoms with Crippen LogP contribution in [-0.2, 0) is 4.79 Å². The van der Waals surface area contributed by atoms with Crippen molar-refractivity contribution < 1.29 is 4.79 Å². The molecule has 2 rings (SSSR count). The molecule has 1 amide bonds. The number of carbonyl (C=O) groups is 1. The highest BCUT2D eigenvalue weighted by atomic mass is 16.2. The summed E-state index contributed by atoms with van der Waals surface area (Å²) in [5.74, 6) is 0.252. The minimum Gasteiger partial charge on any atom is -0.273 e. The Morgan fingerprint density at radius 1 is 1.33 bits per heavy atom. The van der Waals surface area contributed by atoms with Gasteiger partial charge >= 0.3 is 0 Å². The molecular formula is C12H14N2O. The van der Waals surface area contributed by atoms with Crippen LogP contribution in [0.1, 0.15) is 25.3 Å². The fraction of sp³-hybridized carbons (Fsp3) is 0.333. The molecule has 0 radical (unpaired) electrons. The molecule has 0 aromatic heterocycles. The van der Waals surface area contributed by atoms with E-state index >= 15 is 0 Å². The zero-order valence-corrected chi connectivity index (χ0v) is 8.73. The lowest BCUT2D eigenvalue weighted by Crippen LogP contribution is -2.20. The van der Waals surface area contributed by atoms with Crippen LogP contribution in [-0.4, -0.2) is 11.6 Å². The number of carbonyl (C=O) groups excluding carboxylic acids is 1. The van der Waals surface area contributed by atoms with E-state index in [2.05, 4.69) is 10.5 Å². The van der Waals surface area contributed by atoms with Crippen LogP contribution in [0.2, 0.25) is 0 Å². The Hall–Kier alpha value is -1.64. The Morgan fingerprint density at radius 2 is 2.00 bits per heavy atom. The third kappa shape index (κ3) is 2.65. The fourth-order valence-electron chi connectivity index (χ4n) is 1.32. The number of hydrazone groups is 1. The Labute approximate surface area is 89.2 Å². The molecule has 1 saturated carbocycles. The monoisotopic (exact) mass is 202 g/mol. The van der Waals surface area contributed by atoms with Crippen LogP contribution in [0, 0.1) is 5.92 Å². The van der Waals surface area contributed by atoms with Gasteiger partial charge in [0, 0.05) is 5.92 Å². The van der Waals surface area contributed by atoms with E-state index in [1.54, 1.807) is 0 Å². The topological polar surface area (TPSA) is 41.5 Å². The molecule has 0 spiro atoms. The molecule has 1 aliphatic rings. The molecule has 1 fully saturated rings. The summed E-state index contributed by atoms with van der Waals surface area (Å²) in [4.78, 5) is 11.3. The van der Waals surface area contributed by atoms with E-state index in [4.69, 9.17) is 0 Å². The lowest BCUT2D eigenvalue weighted by atomic mass is 10.1. The van der Waals surface area contributed by atoms with E-state index in [0.29, 0.717) is 0 Å². The van der Waals surface area contributed by atoms with Crippen molar-refractivity contribution in [2.45, 2.75) is 19.8 Å². The van der Waals surface area contributed by atoms with Crippen LogP contribution in [0.15, 0.2) is 35.4 Å². The van der Waals surface area contributed by atoms with Gasteiger partial charge in [-0.2, -0.15) is 5.10 Å². The van der Waals surface area contributed by atoms with E-state index in [1.807, 2.05) is 37.3 Å². The van der Waals surface area contributed by atoms with E-state index in [0.717, 1.165) is 24.1 Å². The van der Waals surface area contributed by atoms with Gasteiger partial charge in [-0.25, -0.2) is 5.43 Å². The van der Waals surface area contributed by atoms with Crippen molar-refractivity contribution in [3.63, 3.8) is 0 Å². The molecule has 0 heterocycles. The molecule has 1 aromatic carbocycles. The van der Waals surface area contributed by atoms with Gasteiger partial charge in [-0.3, -0.25) is 4.79 Å². The number of nitrogens with zero attached hydrogens (tertiary/aromatic N) is 1. The van der Waals surface area contributed by atoms with E-state index in [-0.39, 0.29) is 11.8 Å². The third-order valence-electron chi connectivity index (χ3n) is 2.47. The quantitative estimate of drug-likeness (QED) is 0.590. The third-order valence-corrected chi connectivity index (χ3v) is 2.47. The predicted octanol–water partition coefficient (Wildman–Crippen LogP) is 1.94. The van der Waals surface area contributed by atoms with Gasteiger partial charge in [0.25, 0.3) is 0 Å². The first-order chi connectivity index (χ1) is 7.27. The lowest BCUT2D eigenvalue weighted by molar-refractivity contribution is -0.122. The number of benzene rings is 1. The second-order valence-electron chi connectivity index (χ2n) is 3.81. The molecule has 1 N–H and O–H groups in total. The maximum Gasteiger partial charge on any atom is 0.243 e. The van der Waals surface area contributed by atoms with E-state index in [1.165, 1.54) is 0 Å². The van der Waals surface area contributed by atoms with Crippen molar-refractivity contribution in [1.29, 1.82) is 0 Å². The molecule has 0 bridgehead atoms. The lowest BCUT2D eigenvalue weighted by Gasteiger charge is -2.01. The highest BCUT2D eigenvalue weighted by Crippen LogP contribution is 2.28. The van der Waals surface area contributed by atoms with Crippen LogP contribution in [0.25, 0.3) is 0 Å². The van der Waals surface area contributed by atoms with Gasteiger partial charge in [0.1, 0.15) is 0 Å². The minimum atomic E-state index is 0.0466. The molecule has 1 aliphatic carbocycles. The zero-order valence-electron chi connectivity index (χ0n) is 8.73. The first-order valence-electron chi connectivity index (χ1n) is 5.17. The summed E-state index contributed by atoms with van der Waals surface area (Å²) in [6.07, 6.45) is 2.01. The molecular weight excluding hydrogens is 188 g/mol. The second kappa shape index (κ2) is 4.26. The number of nitrogens with one attached hydrogen (secondary N) is 1. The predicted molar refractivity (Wildman–Crippen MR) is 59.5 cm³/mol. The van der Waals surface area contributed by atoms with Gasteiger partial charge in [-0.15, -0.1) is 0 Å². The highest BCUT2D eigenvalue weighted by Gasteiger charge is 2.29. The number of amides is 1. The first kappa shape index (κ1) is 9.90. The molecule has 3 heteroatoms. The fourth-order valence-corrected chi connectivity index (χ4v) is 1.32. The Balaban J connectivity index is 1.97. The van der Waals surface area contributed by atoms with Gasteiger partial charge in [-0.05, 0) is 25.3 Å². The van der Waals surface area contributed by atoms with E-state index in [9.17, 15) is 4.79 Å². The van der Waals surface area contributed by atoms with Crippen molar-refractivity contribution in [3.8, 4) is 0 Å². The molecule has 0 atom stereocenters. The molecule has 3 nitrogen and oxygen atoms in total. The van der Waals surface area contributed by atoms with Crippen LogP contribution in [0.4, 0.5) is 0 Å². The van der Waals surface area contributed by atoms with Crippen molar-refractivity contribution in [2.24, 2.45) is 11.0 Å². The summed E-state index contributed by atoms with van der Waals surface area (Å²) in [6, 6.07) is 9.82. The summed E-state index contributed by atoms with van der Waals surface area (Å²) in [6.45, 7) is 1.89. The Kier molecular flexibility index (Phi) is 2.81. The van der Waals surface area contributed by atoms with Gasteiger partial charge in [0.05, 0.1) is 5.71 Å². The smallest absolute Gasteiger partial charge is 0.243 e. The zero-order chi connectivity index (χ0) is 10.7. The summed E-state index contributed by atoms with van der Waals surface area (Å²) >= 11 is 0. The highest BCUT2D eigenvalue weighted by molar-refractivity contribution is 5.99. The van der Waals surface area contributed by atoms with Gasteiger partial charge in [0.15, 0.2) is 0 Å². The van der Waals surface area contributed by atoms with Crippen molar-refractivity contribution in [1.82, 2.24) is 5.43 Å². The summed E-state index contributed by atoms with van der Waals surface area (Å²) < 4.78 is 0. The van der Waals surface area contributed by atoms with Crippen LogP contribution in [0.5, 0.6) is 0 Å². The molecule has 0 aliphatic heterocycles. The van der Waals surface area contributed by atoms with Gasteiger partial charge in [0.2, 0.25) is 5.91 Å². The van der Waals surface area contributed by atoms with Crippen molar-refractivity contribution in [2.75, 3.05) is 0 Å². The number of hydrogen-bond acceptors (Lipinski definition) is 2. The molecule has 1 aromatic rings. The summed E-state index contributed by atoms with van der Waals surface area (Å²) in [7, 11) is 0. The first-order valence-corrected chi connectivity index (χ1v) is 5.17. The molecule has 15 heavy (non-hydrogen) atoms. The average Bonchev–Trinajstić information content (AvgIpc) is 3.10. The normalized spacial score (nSPS) is 16.2. The second-order valence-corrected chi connectivity index (χ2v) is 3.81. The number of rotatable bonds is 3. The standard InChI is InChI=1S/C12H14N2O/c1-9(10-5-3-2-4-6-10)13-14-12(15)11-7-8-11/h2-6,11H,7-8H2,1H3,(H,14,15)/b13-9+. The van der Waals surface area contributed by atoms with Crippen LogP contribution in [0.3, 0.4) is 0 Å². The van der Waals surface area contributed by atoms with Crippen molar-refractivity contribution >= 4 is 11.6 Å². The van der Waals surface area contributed by atoms with E-state index < -0.39 is 0 Å². The van der Waals surface area contributed by atoms with Crippen LogP contribution < -0.4 is 5.43 Å². The maximum absolute atomic E-state index is 11.3. The number of hydrogen-bond donors (Lipinski definition) is 1.